The third kappa shape index (κ3) is 3.09. The monoisotopic (exact) mass is 339 g/mol. The Morgan fingerprint density at radius 2 is 2.00 bits per heavy atom. The Morgan fingerprint density at radius 3 is 2.64 bits per heavy atom. The number of aromatic amines is 1. The lowest BCUT2D eigenvalue weighted by atomic mass is 10.2. The zero-order valence-electron chi connectivity index (χ0n) is 12.7. The minimum atomic E-state index is 0.0349. The molecule has 1 aromatic heterocycles. The average Bonchev–Trinajstić information content (AvgIpc) is 3.21. The molecular formula is C16H19Cl2N3O. The Bertz CT molecular complexity index is 707. The maximum Gasteiger partial charge on any atom is 0.270 e. The average molecular weight is 340 g/mol. The van der Waals surface area contributed by atoms with Crippen molar-refractivity contribution in [1.29, 1.82) is 0 Å². The van der Waals surface area contributed by atoms with Gasteiger partial charge in [0.05, 0.1) is 10.0 Å². The first kappa shape index (κ1) is 15.7. The summed E-state index contributed by atoms with van der Waals surface area (Å²) < 4.78 is 0. The number of halogens is 2. The predicted molar refractivity (Wildman–Crippen MR) is 90.9 cm³/mol. The van der Waals surface area contributed by atoms with Crippen LogP contribution in [-0.2, 0) is 0 Å². The van der Waals surface area contributed by atoms with Crippen LogP contribution in [0.4, 0.5) is 0 Å². The van der Waals surface area contributed by atoms with Crippen LogP contribution in [0.5, 0.6) is 0 Å². The van der Waals surface area contributed by atoms with Gasteiger partial charge in [0.2, 0.25) is 0 Å². The van der Waals surface area contributed by atoms with Gasteiger partial charge < -0.3 is 14.8 Å². The molecule has 0 aliphatic heterocycles. The number of amides is 1. The molecule has 1 aliphatic rings. The Morgan fingerprint density at radius 1 is 1.27 bits per heavy atom. The molecule has 1 heterocycles. The molecule has 0 spiro atoms. The Kier molecular flexibility index (Phi) is 4.35. The summed E-state index contributed by atoms with van der Waals surface area (Å²) in [4.78, 5) is 20.0. The predicted octanol–water partition coefficient (Wildman–Crippen LogP) is 3.64. The fraction of sp³-hybridized carbons (Fsp3) is 0.438. The van der Waals surface area contributed by atoms with Gasteiger partial charge in [-0.05, 0) is 45.1 Å². The number of nitrogens with zero attached hydrogens (tertiary/aromatic N) is 2. The molecule has 4 nitrogen and oxygen atoms in total. The lowest BCUT2D eigenvalue weighted by Gasteiger charge is -2.23. The normalized spacial score (nSPS) is 14.8. The molecule has 0 atom stereocenters. The minimum absolute atomic E-state index is 0.0349. The summed E-state index contributed by atoms with van der Waals surface area (Å²) in [5.41, 5.74) is 1.41. The van der Waals surface area contributed by atoms with Crippen molar-refractivity contribution in [2.75, 3.05) is 27.2 Å². The van der Waals surface area contributed by atoms with Crippen molar-refractivity contribution < 1.29 is 4.79 Å². The van der Waals surface area contributed by atoms with E-state index in [4.69, 9.17) is 23.2 Å². The molecule has 1 aromatic carbocycles. The molecule has 1 fully saturated rings. The number of H-pyrrole nitrogens is 1. The number of hydrogen-bond acceptors (Lipinski definition) is 2. The molecule has 0 radical (unpaired) electrons. The smallest absolute Gasteiger partial charge is 0.270 e. The molecule has 1 saturated carbocycles. The zero-order valence-corrected chi connectivity index (χ0v) is 14.2. The van der Waals surface area contributed by atoms with Gasteiger partial charge in [-0.15, -0.1) is 0 Å². The molecule has 1 N–H and O–H groups in total. The standard InChI is InChI=1S/C16H19Cl2N3O/c1-20(2)7-8-21(10-3-4-10)16(22)14-9-11-13(19-14)6-5-12(17)15(11)18/h5-6,9-10,19H,3-4,7-8H2,1-2H3. The largest absolute Gasteiger partial charge is 0.350 e. The van der Waals surface area contributed by atoms with Crippen LogP contribution < -0.4 is 0 Å². The van der Waals surface area contributed by atoms with E-state index >= 15 is 0 Å². The summed E-state index contributed by atoms with van der Waals surface area (Å²) in [5.74, 6) is 0.0349. The molecule has 0 bridgehead atoms. The molecule has 22 heavy (non-hydrogen) atoms. The van der Waals surface area contributed by atoms with Gasteiger partial charge in [0.15, 0.2) is 0 Å². The number of benzene rings is 1. The van der Waals surface area contributed by atoms with Gasteiger partial charge in [-0.2, -0.15) is 0 Å². The van der Waals surface area contributed by atoms with E-state index in [0.717, 1.165) is 36.8 Å². The van der Waals surface area contributed by atoms with E-state index in [1.54, 1.807) is 12.1 Å². The highest BCUT2D eigenvalue weighted by Crippen LogP contribution is 2.33. The number of carbonyl (C=O) groups is 1. The lowest BCUT2D eigenvalue weighted by Crippen LogP contribution is -2.38. The third-order valence-corrected chi connectivity index (χ3v) is 4.78. The Hall–Kier alpha value is -1.23. The van der Waals surface area contributed by atoms with Gasteiger partial charge in [0, 0.05) is 30.0 Å². The molecule has 0 saturated heterocycles. The van der Waals surface area contributed by atoms with Crippen LogP contribution in [0, 0.1) is 0 Å². The van der Waals surface area contributed by atoms with Crippen LogP contribution in [0.15, 0.2) is 18.2 Å². The van der Waals surface area contributed by atoms with Gasteiger partial charge in [-0.3, -0.25) is 4.79 Å². The molecule has 6 heteroatoms. The van der Waals surface area contributed by atoms with Crippen molar-refractivity contribution in [3.05, 3.63) is 33.9 Å². The summed E-state index contributed by atoms with van der Waals surface area (Å²) in [6, 6.07) is 5.76. The Labute approximate surface area is 140 Å². The number of aromatic nitrogens is 1. The van der Waals surface area contributed by atoms with Crippen molar-refractivity contribution in [1.82, 2.24) is 14.8 Å². The van der Waals surface area contributed by atoms with E-state index in [0.29, 0.717) is 21.8 Å². The molecule has 3 rings (SSSR count). The van der Waals surface area contributed by atoms with Crippen LogP contribution in [0.1, 0.15) is 23.3 Å². The van der Waals surface area contributed by atoms with Crippen LogP contribution in [-0.4, -0.2) is 53.9 Å². The summed E-state index contributed by atoms with van der Waals surface area (Å²) in [6.07, 6.45) is 2.18. The van der Waals surface area contributed by atoms with E-state index in [1.165, 1.54) is 0 Å². The highest BCUT2D eigenvalue weighted by atomic mass is 35.5. The van der Waals surface area contributed by atoms with Gasteiger partial charge in [-0.1, -0.05) is 23.2 Å². The van der Waals surface area contributed by atoms with E-state index in [2.05, 4.69) is 9.88 Å². The van der Waals surface area contributed by atoms with E-state index in [-0.39, 0.29) is 5.91 Å². The fourth-order valence-electron chi connectivity index (χ4n) is 2.56. The first-order valence-corrected chi connectivity index (χ1v) is 8.15. The van der Waals surface area contributed by atoms with Crippen LogP contribution in [0.3, 0.4) is 0 Å². The second-order valence-electron chi connectivity index (χ2n) is 6.04. The number of likely N-dealkylation sites (N-methyl/N-ethyl adjacent to an activating group) is 1. The van der Waals surface area contributed by atoms with E-state index in [9.17, 15) is 4.79 Å². The SMILES string of the molecule is CN(C)CCN(C(=O)c1cc2c(Cl)c(Cl)ccc2[nH]1)C1CC1. The second-order valence-corrected chi connectivity index (χ2v) is 6.82. The highest BCUT2D eigenvalue weighted by Gasteiger charge is 2.33. The number of nitrogens with one attached hydrogen (secondary N) is 1. The van der Waals surface area contributed by atoms with Gasteiger partial charge in [-0.25, -0.2) is 0 Å². The lowest BCUT2D eigenvalue weighted by molar-refractivity contribution is 0.0727. The molecule has 0 unspecified atom stereocenters. The van der Waals surface area contributed by atoms with Crippen LogP contribution >= 0.6 is 23.2 Å². The van der Waals surface area contributed by atoms with Gasteiger partial charge >= 0.3 is 0 Å². The summed E-state index contributed by atoms with van der Waals surface area (Å²) in [7, 11) is 4.03. The number of fused-ring (bicyclic) bond motifs is 1. The van der Waals surface area contributed by atoms with Crippen LogP contribution in [0.25, 0.3) is 10.9 Å². The number of hydrogen-bond donors (Lipinski definition) is 1. The summed E-state index contributed by atoms with van der Waals surface area (Å²) in [6.45, 7) is 1.59. The highest BCUT2D eigenvalue weighted by molar-refractivity contribution is 6.45. The molecule has 1 aliphatic carbocycles. The van der Waals surface area contributed by atoms with Gasteiger partial charge in [0.1, 0.15) is 5.69 Å². The molecule has 1 amide bonds. The maximum atomic E-state index is 12.8. The number of carbonyl (C=O) groups excluding carboxylic acids is 1. The van der Waals surface area contributed by atoms with Crippen molar-refractivity contribution in [3.8, 4) is 0 Å². The molecule has 118 valence electrons. The zero-order chi connectivity index (χ0) is 15.9. The third-order valence-electron chi connectivity index (χ3n) is 3.96. The second kappa shape index (κ2) is 6.11. The first-order chi connectivity index (χ1) is 10.5. The minimum Gasteiger partial charge on any atom is -0.350 e. The Balaban J connectivity index is 1.88. The quantitative estimate of drug-likeness (QED) is 0.903. The first-order valence-electron chi connectivity index (χ1n) is 7.40. The molecular weight excluding hydrogens is 321 g/mol. The summed E-state index contributed by atoms with van der Waals surface area (Å²) >= 11 is 12.3. The molecule has 2 aromatic rings. The van der Waals surface area contributed by atoms with Crippen molar-refractivity contribution in [2.45, 2.75) is 18.9 Å². The fourth-order valence-corrected chi connectivity index (χ4v) is 2.94. The maximum absolute atomic E-state index is 12.8. The van der Waals surface area contributed by atoms with E-state index < -0.39 is 0 Å². The summed E-state index contributed by atoms with van der Waals surface area (Å²) in [5, 5.41) is 1.78. The van der Waals surface area contributed by atoms with Crippen molar-refractivity contribution in [3.63, 3.8) is 0 Å². The topological polar surface area (TPSA) is 39.3 Å². The van der Waals surface area contributed by atoms with Crippen molar-refractivity contribution >= 4 is 40.0 Å². The van der Waals surface area contributed by atoms with Crippen molar-refractivity contribution in [2.24, 2.45) is 0 Å². The van der Waals surface area contributed by atoms with Gasteiger partial charge in [0.25, 0.3) is 5.91 Å². The van der Waals surface area contributed by atoms with Crippen LogP contribution in [0.2, 0.25) is 10.0 Å². The number of rotatable bonds is 5. The van der Waals surface area contributed by atoms with E-state index in [1.807, 2.05) is 25.1 Å².